The Morgan fingerprint density at radius 3 is 2.73 bits per heavy atom. The van der Waals surface area contributed by atoms with Crippen molar-refractivity contribution in [2.24, 2.45) is 11.7 Å². The van der Waals surface area contributed by atoms with Crippen molar-refractivity contribution < 1.29 is 9.59 Å². The lowest BCUT2D eigenvalue weighted by atomic mass is 10.1. The predicted octanol–water partition coefficient (Wildman–Crippen LogP) is 1.86. The molecule has 1 fully saturated rings. The lowest BCUT2D eigenvalue weighted by molar-refractivity contribution is -0.125. The smallest absolute Gasteiger partial charge is 0.246 e. The first-order chi connectivity index (χ1) is 10.4. The second-order valence-electron chi connectivity index (χ2n) is 5.98. The minimum Gasteiger partial charge on any atom is -0.369 e. The standard InChI is InChI=1S/C17H25N3O2/c1-4-8-20-12(2)10-14(13(20)3)5-6-16(21)19-9-7-15(11-19)17(18)22/h5-6,10,15H,4,7-9,11H2,1-3H3,(H2,18,22)/b6-5+/t15-/m1/s1. The average molecular weight is 303 g/mol. The van der Waals surface area contributed by atoms with Crippen molar-refractivity contribution in [1.29, 1.82) is 0 Å². The van der Waals surface area contributed by atoms with E-state index in [2.05, 4.69) is 31.4 Å². The van der Waals surface area contributed by atoms with Gasteiger partial charge in [-0.1, -0.05) is 6.92 Å². The van der Waals surface area contributed by atoms with E-state index in [0.29, 0.717) is 19.5 Å². The largest absolute Gasteiger partial charge is 0.369 e. The molecule has 1 aliphatic rings. The summed E-state index contributed by atoms with van der Waals surface area (Å²) in [5.41, 5.74) is 8.76. The predicted molar refractivity (Wildman–Crippen MR) is 87.1 cm³/mol. The number of carbonyl (C=O) groups is 2. The number of hydrogen-bond donors (Lipinski definition) is 1. The van der Waals surface area contributed by atoms with Crippen molar-refractivity contribution in [2.45, 2.75) is 40.2 Å². The van der Waals surface area contributed by atoms with E-state index in [1.54, 1.807) is 11.0 Å². The van der Waals surface area contributed by atoms with Crippen molar-refractivity contribution in [3.05, 3.63) is 29.1 Å². The fraction of sp³-hybridized carbons (Fsp3) is 0.529. The van der Waals surface area contributed by atoms with Crippen molar-refractivity contribution in [3.8, 4) is 0 Å². The zero-order valence-corrected chi connectivity index (χ0v) is 13.6. The van der Waals surface area contributed by atoms with Crippen LogP contribution in [0.5, 0.6) is 0 Å². The number of aryl methyl sites for hydroxylation is 1. The topological polar surface area (TPSA) is 68.3 Å². The van der Waals surface area contributed by atoms with E-state index < -0.39 is 0 Å². The molecule has 22 heavy (non-hydrogen) atoms. The third-order valence-electron chi connectivity index (χ3n) is 4.37. The molecule has 1 aromatic rings. The maximum absolute atomic E-state index is 12.2. The summed E-state index contributed by atoms with van der Waals surface area (Å²) >= 11 is 0. The van der Waals surface area contributed by atoms with Crippen LogP contribution in [-0.2, 0) is 16.1 Å². The lowest BCUT2D eigenvalue weighted by Crippen LogP contribution is -2.30. The Labute approximate surface area is 131 Å². The van der Waals surface area contributed by atoms with Gasteiger partial charge < -0.3 is 15.2 Å². The van der Waals surface area contributed by atoms with Crippen LogP contribution in [0, 0.1) is 19.8 Å². The van der Waals surface area contributed by atoms with E-state index in [1.165, 1.54) is 11.4 Å². The molecule has 0 saturated carbocycles. The molecular formula is C17H25N3O2. The molecule has 1 saturated heterocycles. The van der Waals surface area contributed by atoms with Crippen LogP contribution in [0.15, 0.2) is 12.1 Å². The molecule has 0 aromatic carbocycles. The minimum atomic E-state index is -0.317. The molecule has 1 aliphatic heterocycles. The molecule has 1 atom stereocenters. The van der Waals surface area contributed by atoms with Crippen molar-refractivity contribution in [2.75, 3.05) is 13.1 Å². The summed E-state index contributed by atoms with van der Waals surface area (Å²) in [5, 5.41) is 0. The normalized spacial score (nSPS) is 18.3. The van der Waals surface area contributed by atoms with Crippen LogP contribution in [0.2, 0.25) is 0 Å². The SMILES string of the molecule is CCCn1c(C)cc(/C=C/C(=O)N2CC[C@@H](C(N)=O)C2)c1C. The highest BCUT2D eigenvalue weighted by molar-refractivity contribution is 5.92. The van der Waals surface area contributed by atoms with Gasteiger partial charge in [0.25, 0.3) is 0 Å². The summed E-state index contributed by atoms with van der Waals surface area (Å²) in [6.45, 7) is 8.34. The third kappa shape index (κ3) is 3.40. The summed E-state index contributed by atoms with van der Waals surface area (Å²) in [6.07, 6.45) is 5.22. The van der Waals surface area contributed by atoms with Gasteiger partial charge in [0.15, 0.2) is 0 Å². The Kier molecular flexibility index (Phi) is 5.06. The molecule has 120 valence electrons. The fourth-order valence-corrected chi connectivity index (χ4v) is 3.02. The van der Waals surface area contributed by atoms with Gasteiger partial charge in [0, 0.05) is 37.1 Å². The molecular weight excluding hydrogens is 278 g/mol. The summed E-state index contributed by atoms with van der Waals surface area (Å²) in [4.78, 5) is 25.0. The van der Waals surface area contributed by atoms with E-state index in [9.17, 15) is 9.59 Å². The van der Waals surface area contributed by atoms with Crippen LogP contribution in [0.1, 0.15) is 36.7 Å². The van der Waals surface area contributed by atoms with Gasteiger partial charge in [-0.25, -0.2) is 0 Å². The number of hydrogen-bond acceptors (Lipinski definition) is 2. The Morgan fingerprint density at radius 1 is 1.41 bits per heavy atom. The van der Waals surface area contributed by atoms with Crippen molar-refractivity contribution in [3.63, 3.8) is 0 Å². The fourth-order valence-electron chi connectivity index (χ4n) is 3.02. The van der Waals surface area contributed by atoms with Gasteiger partial charge in [0.05, 0.1) is 5.92 Å². The molecule has 2 amide bonds. The Balaban J connectivity index is 2.05. The Morgan fingerprint density at radius 2 is 2.14 bits per heavy atom. The summed E-state index contributed by atoms with van der Waals surface area (Å²) < 4.78 is 2.27. The first-order valence-electron chi connectivity index (χ1n) is 7.87. The Bertz CT molecular complexity index is 601. The molecule has 1 aromatic heterocycles. The highest BCUT2D eigenvalue weighted by atomic mass is 16.2. The molecule has 5 heteroatoms. The highest BCUT2D eigenvalue weighted by Gasteiger charge is 2.28. The molecule has 0 unspecified atom stereocenters. The second-order valence-corrected chi connectivity index (χ2v) is 5.98. The second kappa shape index (κ2) is 6.81. The van der Waals surface area contributed by atoms with E-state index in [1.807, 2.05) is 6.08 Å². The number of likely N-dealkylation sites (tertiary alicyclic amines) is 1. The van der Waals surface area contributed by atoms with Gasteiger partial charge in [-0.3, -0.25) is 9.59 Å². The number of nitrogens with two attached hydrogens (primary N) is 1. The number of nitrogens with zero attached hydrogens (tertiary/aromatic N) is 2. The van der Waals surface area contributed by atoms with Crippen LogP contribution in [0.4, 0.5) is 0 Å². The van der Waals surface area contributed by atoms with E-state index in [-0.39, 0.29) is 17.7 Å². The molecule has 0 bridgehead atoms. The third-order valence-corrected chi connectivity index (χ3v) is 4.37. The van der Waals surface area contributed by atoms with Gasteiger partial charge in [-0.15, -0.1) is 0 Å². The van der Waals surface area contributed by atoms with E-state index in [4.69, 9.17) is 5.73 Å². The van der Waals surface area contributed by atoms with Gasteiger partial charge in [-0.2, -0.15) is 0 Å². The van der Waals surface area contributed by atoms with Gasteiger partial charge in [-0.05, 0) is 44.4 Å². The first-order valence-corrected chi connectivity index (χ1v) is 7.87. The van der Waals surface area contributed by atoms with Crippen LogP contribution in [0.3, 0.4) is 0 Å². The van der Waals surface area contributed by atoms with Gasteiger partial charge >= 0.3 is 0 Å². The monoisotopic (exact) mass is 303 g/mol. The zero-order chi connectivity index (χ0) is 16.3. The number of aromatic nitrogens is 1. The summed E-state index contributed by atoms with van der Waals surface area (Å²) in [7, 11) is 0. The molecule has 5 nitrogen and oxygen atoms in total. The number of rotatable bonds is 5. The van der Waals surface area contributed by atoms with E-state index >= 15 is 0 Å². The number of carbonyl (C=O) groups excluding carboxylic acids is 2. The minimum absolute atomic E-state index is 0.0518. The number of amides is 2. The lowest BCUT2D eigenvalue weighted by Gasteiger charge is -2.13. The quantitative estimate of drug-likeness (QED) is 0.844. The first kappa shape index (κ1) is 16.3. The van der Waals surface area contributed by atoms with Crippen LogP contribution >= 0.6 is 0 Å². The molecule has 2 rings (SSSR count). The molecule has 2 N–H and O–H groups in total. The highest BCUT2D eigenvalue weighted by Crippen LogP contribution is 2.19. The van der Waals surface area contributed by atoms with Crippen LogP contribution in [0.25, 0.3) is 6.08 Å². The average Bonchev–Trinajstić information content (AvgIpc) is 3.06. The molecule has 2 heterocycles. The Hall–Kier alpha value is -2.04. The molecule has 0 spiro atoms. The zero-order valence-electron chi connectivity index (χ0n) is 13.6. The molecule has 0 aliphatic carbocycles. The van der Waals surface area contributed by atoms with Crippen molar-refractivity contribution in [1.82, 2.24) is 9.47 Å². The molecule has 0 radical (unpaired) electrons. The van der Waals surface area contributed by atoms with E-state index in [0.717, 1.165) is 18.5 Å². The summed E-state index contributed by atoms with van der Waals surface area (Å²) in [6, 6.07) is 2.10. The van der Waals surface area contributed by atoms with Gasteiger partial charge in [0.2, 0.25) is 11.8 Å². The van der Waals surface area contributed by atoms with Crippen molar-refractivity contribution >= 4 is 17.9 Å². The van der Waals surface area contributed by atoms with Gasteiger partial charge in [0.1, 0.15) is 0 Å². The van der Waals surface area contributed by atoms with Crippen LogP contribution in [-0.4, -0.2) is 34.4 Å². The maximum Gasteiger partial charge on any atom is 0.246 e. The summed E-state index contributed by atoms with van der Waals surface area (Å²) in [5.74, 6) is -0.571. The maximum atomic E-state index is 12.2. The number of primary amides is 1. The van der Waals surface area contributed by atoms with Crippen LogP contribution < -0.4 is 5.73 Å².